The average molecular weight is 426 g/mol. The van der Waals surface area contributed by atoms with Crippen LogP contribution in [-0.2, 0) is 0 Å². The summed E-state index contributed by atoms with van der Waals surface area (Å²) in [4.78, 5) is 21.3. The van der Waals surface area contributed by atoms with Gasteiger partial charge in [-0.2, -0.15) is 4.98 Å². The number of hydrogen-bond acceptors (Lipinski definition) is 6. The van der Waals surface area contributed by atoms with Crippen molar-refractivity contribution in [3.05, 3.63) is 70.4 Å². The van der Waals surface area contributed by atoms with Crippen LogP contribution in [0.5, 0.6) is 5.75 Å². The van der Waals surface area contributed by atoms with Crippen molar-refractivity contribution in [3.8, 4) is 5.75 Å². The van der Waals surface area contributed by atoms with E-state index in [2.05, 4.69) is 25.9 Å². The van der Waals surface area contributed by atoms with Crippen molar-refractivity contribution in [1.82, 2.24) is 15.3 Å². The molecule has 0 saturated heterocycles. The van der Waals surface area contributed by atoms with E-state index in [9.17, 15) is 4.79 Å². The average Bonchev–Trinajstić information content (AvgIpc) is 2.72. The molecule has 7 nitrogen and oxygen atoms in total. The van der Waals surface area contributed by atoms with Gasteiger partial charge in [-0.1, -0.05) is 29.3 Å². The lowest BCUT2D eigenvalue weighted by atomic mass is 10.2. The number of carbonyl (C=O) groups excluding carboxylic acids is 1. The molecule has 156 valence electrons. The fourth-order valence-electron chi connectivity index (χ4n) is 2.80. The largest absolute Gasteiger partial charge is 0.496 e. The second-order valence-electron chi connectivity index (χ2n) is 6.74. The van der Waals surface area contributed by atoms with Crippen LogP contribution < -0.4 is 20.7 Å². The maximum absolute atomic E-state index is 12.4. The molecule has 0 unspecified atom stereocenters. The maximum Gasteiger partial charge on any atom is 0.255 e. The third-order valence-corrected chi connectivity index (χ3v) is 4.51. The highest BCUT2D eigenvalue weighted by molar-refractivity contribution is 6.31. The van der Waals surface area contributed by atoms with Gasteiger partial charge >= 0.3 is 0 Å². The summed E-state index contributed by atoms with van der Waals surface area (Å²) in [5.74, 6) is 1.39. The third kappa shape index (κ3) is 5.84. The molecule has 0 atom stereocenters. The van der Waals surface area contributed by atoms with E-state index in [1.807, 2.05) is 44.2 Å². The Balaban J connectivity index is 1.56. The Morgan fingerprint density at radius 2 is 1.80 bits per heavy atom. The molecule has 0 fully saturated rings. The predicted molar refractivity (Wildman–Crippen MR) is 120 cm³/mol. The number of nitrogens with one attached hydrogen (secondary N) is 3. The number of carbonyl (C=O) groups is 1. The topological polar surface area (TPSA) is 88.2 Å². The minimum Gasteiger partial charge on any atom is -0.496 e. The number of hydrogen-bond donors (Lipinski definition) is 3. The normalized spacial score (nSPS) is 10.4. The number of anilines is 3. The van der Waals surface area contributed by atoms with E-state index < -0.39 is 0 Å². The van der Waals surface area contributed by atoms with E-state index in [4.69, 9.17) is 16.3 Å². The Labute approximate surface area is 180 Å². The number of benzene rings is 2. The highest BCUT2D eigenvalue weighted by Crippen LogP contribution is 2.22. The Bertz CT molecular complexity index is 1020. The predicted octanol–water partition coefficient (Wildman–Crippen LogP) is 4.34. The Kier molecular flexibility index (Phi) is 7.08. The summed E-state index contributed by atoms with van der Waals surface area (Å²) >= 11 is 5.98. The number of amides is 1. The van der Waals surface area contributed by atoms with E-state index in [1.54, 1.807) is 18.2 Å². The van der Waals surface area contributed by atoms with Gasteiger partial charge in [-0.05, 0) is 44.2 Å². The number of rotatable bonds is 8. The summed E-state index contributed by atoms with van der Waals surface area (Å²) in [5, 5.41) is 9.71. The van der Waals surface area contributed by atoms with E-state index in [1.165, 1.54) is 12.7 Å². The number of methoxy groups -OCH3 is 1. The Morgan fingerprint density at radius 1 is 1.03 bits per heavy atom. The Morgan fingerprint density at radius 3 is 2.53 bits per heavy atom. The molecule has 3 N–H and O–H groups in total. The number of nitrogens with zero attached hydrogens (tertiary/aromatic N) is 2. The van der Waals surface area contributed by atoms with Crippen LogP contribution >= 0.6 is 11.6 Å². The van der Waals surface area contributed by atoms with Crippen LogP contribution in [-0.4, -0.2) is 36.1 Å². The molecule has 0 bridgehead atoms. The van der Waals surface area contributed by atoms with Gasteiger partial charge in [-0.3, -0.25) is 4.79 Å². The molecule has 30 heavy (non-hydrogen) atoms. The molecule has 2 aromatic carbocycles. The fourth-order valence-corrected chi connectivity index (χ4v) is 2.97. The zero-order valence-corrected chi connectivity index (χ0v) is 17.9. The van der Waals surface area contributed by atoms with Crippen LogP contribution in [0.25, 0.3) is 0 Å². The molecule has 1 aromatic heterocycles. The summed E-state index contributed by atoms with van der Waals surface area (Å²) in [6.45, 7) is 4.79. The highest BCUT2D eigenvalue weighted by Gasteiger charge is 2.12. The first-order chi connectivity index (χ1) is 14.4. The third-order valence-electron chi connectivity index (χ3n) is 4.28. The van der Waals surface area contributed by atoms with Gasteiger partial charge in [-0.15, -0.1) is 0 Å². The van der Waals surface area contributed by atoms with Gasteiger partial charge in [0.1, 0.15) is 11.6 Å². The van der Waals surface area contributed by atoms with E-state index in [0.717, 1.165) is 11.4 Å². The van der Waals surface area contributed by atoms with Gasteiger partial charge in [0.2, 0.25) is 5.95 Å². The number of halogens is 1. The molecular formula is C22H24ClN5O2. The van der Waals surface area contributed by atoms with Crippen LogP contribution in [0.3, 0.4) is 0 Å². The van der Waals surface area contributed by atoms with Gasteiger partial charge in [0.05, 0.1) is 12.7 Å². The number of aromatic nitrogens is 2. The zero-order chi connectivity index (χ0) is 21.5. The minimum absolute atomic E-state index is 0.261. The quantitative estimate of drug-likeness (QED) is 0.465. The minimum atomic E-state index is -0.261. The Hall–Kier alpha value is -3.32. The first-order valence-electron chi connectivity index (χ1n) is 9.49. The van der Waals surface area contributed by atoms with Crippen molar-refractivity contribution in [2.24, 2.45) is 0 Å². The first-order valence-corrected chi connectivity index (χ1v) is 9.87. The molecule has 0 radical (unpaired) electrons. The molecule has 1 heterocycles. The molecule has 0 aliphatic heterocycles. The van der Waals surface area contributed by atoms with Gasteiger partial charge in [0.25, 0.3) is 5.91 Å². The lowest BCUT2D eigenvalue weighted by Crippen LogP contribution is -2.29. The first kappa shape index (κ1) is 21.4. The van der Waals surface area contributed by atoms with Crippen LogP contribution in [0.2, 0.25) is 5.02 Å². The zero-order valence-electron chi connectivity index (χ0n) is 17.1. The molecule has 0 saturated carbocycles. The molecular weight excluding hydrogens is 402 g/mol. The molecule has 8 heteroatoms. The summed E-state index contributed by atoms with van der Waals surface area (Å²) in [7, 11) is 1.51. The number of aryl methyl sites for hydroxylation is 2. The van der Waals surface area contributed by atoms with Crippen molar-refractivity contribution >= 4 is 35.0 Å². The van der Waals surface area contributed by atoms with Crippen molar-refractivity contribution < 1.29 is 9.53 Å². The molecule has 3 aromatic rings. The van der Waals surface area contributed by atoms with Gasteiger partial charge in [0.15, 0.2) is 0 Å². The summed E-state index contributed by atoms with van der Waals surface area (Å²) < 4.78 is 5.22. The van der Waals surface area contributed by atoms with Crippen LogP contribution in [0.4, 0.5) is 17.5 Å². The van der Waals surface area contributed by atoms with Crippen LogP contribution in [0.1, 0.15) is 21.6 Å². The SMILES string of the molecule is COc1ccc(Cl)cc1C(=O)NCCNc1nc(C)cc(Nc2ccc(C)cc2)n1. The lowest BCUT2D eigenvalue weighted by Gasteiger charge is -2.12. The summed E-state index contributed by atoms with van der Waals surface area (Å²) in [5.41, 5.74) is 3.36. The van der Waals surface area contributed by atoms with Crippen LogP contribution in [0.15, 0.2) is 48.5 Å². The molecule has 0 aliphatic carbocycles. The second-order valence-corrected chi connectivity index (χ2v) is 7.17. The highest BCUT2D eigenvalue weighted by atomic mass is 35.5. The molecule has 3 rings (SSSR count). The van der Waals surface area contributed by atoms with Crippen molar-refractivity contribution in [1.29, 1.82) is 0 Å². The van der Waals surface area contributed by atoms with Crippen molar-refractivity contribution in [2.75, 3.05) is 30.8 Å². The van der Waals surface area contributed by atoms with Gasteiger partial charge < -0.3 is 20.7 Å². The molecule has 0 spiro atoms. The molecule has 0 aliphatic rings. The van der Waals surface area contributed by atoms with E-state index >= 15 is 0 Å². The number of ether oxygens (including phenoxy) is 1. The lowest BCUT2D eigenvalue weighted by molar-refractivity contribution is 0.0952. The van der Waals surface area contributed by atoms with Crippen molar-refractivity contribution in [2.45, 2.75) is 13.8 Å². The molecule has 1 amide bonds. The smallest absolute Gasteiger partial charge is 0.255 e. The van der Waals surface area contributed by atoms with E-state index in [-0.39, 0.29) is 5.91 Å². The summed E-state index contributed by atoms with van der Waals surface area (Å²) in [6, 6.07) is 14.9. The van der Waals surface area contributed by atoms with Crippen LogP contribution in [0, 0.1) is 13.8 Å². The van der Waals surface area contributed by atoms with Crippen molar-refractivity contribution in [3.63, 3.8) is 0 Å². The summed E-state index contributed by atoms with van der Waals surface area (Å²) in [6.07, 6.45) is 0. The van der Waals surface area contributed by atoms with Gasteiger partial charge in [0, 0.05) is 35.6 Å². The fraction of sp³-hybridized carbons (Fsp3) is 0.227. The second kappa shape index (κ2) is 9.93. The monoisotopic (exact) mass is 425 g/mol. The van der Waals surface area contributed by atoms with E-state index in [0.29, 0.717) is 41.2 Å². The standard InChI is InChI=1S/C22H24ClN5O2/c1-14-4-7-17(8-5-14)27-20-12-15(2)26-22(28-20)25-11-10-24-21(29)18-13-16(23)6-9-19(18)30-3/h4-9,12-13H,10-11H2,1-3H3,(H,24,29)(H2,25,26,27,28). The maximum atomic E-state index is 12.4. The van der Waals surface area contributed by atoms with Gasteiger partial charge in [-0.25, -0.2) is 4.98 Å².